The normalized spacial score (nSPS) is 33.3. The summed E-state index contributed by atoms with van der Waals surface area (Å²) >= 11 is 0. The molecule has 2 saturated carbocycles. The van der Waals surface area contributed by atoms with Gasteiger partial charge in [0.1, 0.15) is 0 Å². The average molecular weight is 280 g/mol. The van der Waals surface area contributed by atoms with Crippen molar-refractivity contribution in [1.29, 1.82) is 0 Å². The van der Waals surface area contributed by atoms with Crippen LogP contribution in [-0.4, -0.2) is 30.6 Å². The molecule has 0 bridgehead atoms. The lowest BCUT2D eigenvalue weighted by Crippen LogP contribution is -2.44. The van der Waals surface area contributed by atoms with Crippen molar-refractivity contribution >= 4 is 0 Å². The molecule has 0 aliphatic heterocycles. The van der Waals surface area contributed by atoms with Crippen LogP contribution in [0.5, 0.6) is 0 Å². The van der Waals surface area contributed by atoms with E-state index in [0.29, 0.717) is 6.04 Å². The molecule has 0 spiro atoms. The molecule has 2 N–H and O–H groups in total. The molecule has 0 aromatic rings. The highest BCUT2D eigenvalue weighted by atomic mass is 15.1. The molecular formula is C18H36N2. The molecule has 20 heavy (non-hydrogen) atoms. The fourth-order valence-corrected chi connectivity index (χ4v) is 4.48. The van der Waals surface area contributed by atoms with Crippen LogP contribution >= 0.6 is 0 Å². The van der Waals surface area contributed by atoms with Crippen LogP contribution in [0, 0.1) is 11.8 Å². The summed E-state index contributed by atoms with van der Waals surface area (Å²) in [6.07, 6.45) is 15.4. The monoisotopic (exact) mass is 280 g/mol. The maximum atomic E-state index is 6.42. The molecule has 118 valence electrons. The summed E-state index contributed by atoms with van der Waals surface area (Å²) in [5, 5.41) is 0. The summed E-state index contributed by atoms with van der Waals surface area (Å²) in [7, 11) is 2.35. The van der Waals surface area contributed by atoms with Crippen molar-refractivity contribution in [2.45, 2.75) is 89.6 Å². The highest BCUT2D eigenvalue weighted by Gasteiger charge is 2.30. The minimum atomic E-state index is 0.455. The van der Waals surface area contributed by atoms with E-state index in [1.807, 2.05) is 0 Å². The zero-order valence-electron chi connectivity index (χ0n) is 13.8. The SMILES string of the molecule is CCCC1CCC(N)C(CN(C)C2CCCCCC2)C1. The van der Waals surface area contributed by atoms with E-state index in [9.17, 15) is 0 Å². The van der Waals surface area contributed by atoms with Crippen LogP contribution in [0.3, 0.4) is 0 Å². The van der Waals surface area contributed by atoms with Crippen LogP contribution in [0.25, 0.3) is 0 Å². The van der Waals surface area contributed by atoms with Gasteiger partial charge in [-0.3, -0.25) is 0 Å². The van der Waals surface area contributed by atoms with Crippen molar-refractivity contribution in [3.05, 3.63) is 0 Å². The summed E-state index contributed by atoms with van der Waals surface area (Å²) in [6.45, 7) is 3.56. The van der Waals surface area contributed by atoms with Gasteiger partial charge in [-0.05, 0) is 51.0 Å². The van der Waals surface area contributed by atoms with Gasteiger partial charge >= 0.3 is 0 Å². The Morgan fingerprint density at radius 3 is 2.35 bits per heavy atom. The van der Waals surface area contributed by atoms with E-state index < -0.39 is 0 Å². The van der Waals surface area contributed by atoms with Crippen LogP contribution in [0.1, 0.15) is 77.6 Å². The summed E-state index contributed by atoms with van der Waals surface area (Å²) in [4.78, 5) is 2.66. The minimum absolute atomic E-state index is 0.455. The lowest BCUT2D eigenvalue weighted by molar-refractivity contribution is 0.133. The molecule has 2 fully saturated rings. The Balaban J connectivity index is 1.82. The molecular weight excluding hydrogens is 244 g/mol. The summed E-state index contributed by atoms with van der Waals surface area (Å²) < 4.78 is 0. The predicted molar refractivity (Wildman–Crippen MR) is 87.8 cm³/mol. The topological polar surface area (TPSA) is 29.3 Å². The van der Waals surface area contributed by atoms with Crippen LogP contribution in [0.2, 0.25) is 0 Å². The Labute approximate surface area is 126 Å². The van der Waals surface area contributed by atoms with Gasteiger partial charge in [-0.1, -0.05) is 45.4 Å². The maximum Gasteiger partial charge on any atom is 0.00923 e. The average Bonchev–Trinajstić information content (AvgIpc) is 2.72. The molecule has 2 rings (SSSR count). The zero-order chi connectivity index (χ0) is 14.4. The van der Waals surface area contributed by atoms with E-state index in [1.165, 1.54) is 77.2 Å². The van der Waals surface area contributed by atoms with E-state index in [-0.39, 0.29) is 0 Å². The van der Waals surface area contributed by atoms with Crippen molar-refractivity contribution in [3.63, 3.8) is 0 Å². The highest BCUT2D eigenvalue weighted by Crippen LogP contribution is 2.32. The van der Waals surface area contributed by atoms with Crippen molar-refractivity contribution in [1.82, 2.24) is 4.90 Å². The first kappa shape index (κ1) is 16.3. The molecule has 0 amide bonds. The Bertz CT molecular complexity index is 258. The molecule has 3 unspecified atom stereocenters. The van der Waals surface area contributed by atoms with E-state index in [2.05, 4.69) is 18.9 Å². The second-order valence-electron chi connectivity index (χ2n) is 7.48. The lowest BCUT2D eigenvalue weighted by Gasteiger charge is -2.38. The summed E-state index contributed by atoms with van der Waals surface area (Å²) in [5.41, 5.74) is 6.42. The molecule has 0 aromatic heterocycles. The van der Waals surface area contributed by atoms with Crippen molar-refractivity contribution in [2.75, 3.05) is 13.6 Å². The summed E-state index contributed by atoms with van der Waals surface area (Å²) in [6, 6.07) is 1.28. The first-order chi connectivity index (χ1) is 9.70. The number of nitrogens with two attached hydrogens (primary N) is 1. The van der Waals surface area contributed by atoms with Gasteiger partial charge in [-0.2, -0.15) is 0 Å². The molecule has 2 nitrogen and oxygen atoms in total. The van der Waals surface area contributed by atoms with Gasteiger partial charge in [-0.25, -0.2) is 0 Å². The van der Waals surface area contributed by atoms with Crippen LogP contribution in [0.15, 0.2) is 0 Å². The van der Waals surface area contributed by atoms with Gasteiger partial charge in [-0.15, -0.1) is 0 Å². The zero-order valence-corrected chi connectivity index (χ0v) is 13.8. The van der Waals surface area contributed by atoms with Crippen LogP contribution in [-0.2, 0) is 0 Å². The molecule has 2 aliphatic carbocycles. The predicted octanol–water partition coefficient (Wildman–Crippen LogP) is 4.18. The molecule has 2 heteroatoms. The van der Waals surface area contributed by atoms with Gasteiger partial charge in [0, 0.05) is 18.6 Å². The number of nitrogens with zero attached hydrogens (tertiary/aromatic N) is 1. The molecule has 3 atom stereocenters. The number of hydrogen-bond acceptors (Lipinski definition) is 2. The highest BCUT2D eigenvalue weighted by molar-refractivity contribution is 4.85. The molecule has 0 radical (unpaired) electrons. The van der Waals surface area contributed by atoms with Crippen molar-refractivity contribution in [2.24, 2.45) is 17.6 Å². The standard InChI is InChI=1S/C18H36N2/c1-3-8-15-11-12-18(19)16(13-15)14-20(2)17-9-6-4-5-7-10-17/h15-18H,3-14,19H2,1-2H3. The third-order valence-electron chi connectivity index (χ3n) is 5.82. The van der Waals surface area contributed by atoms with Crippen LogP contribution in [0.4, 0.5) is 0 Å². The minimum Gasteiger partial charge on any atom is -0.327 e. The Morgan fingerprint density at radius 2 is 1.70 bits per heavy atom. The van der Waals surface area contributed by atoms with Gasteiger partial charge in [0.05, 0.1) is 0 Å². The fourth-order valence-electron chi connectivity index (χ4n) is 4.48. The quantitative estimate of drug-likeness (QED) is 0.765. The third-order valence-corrected chi connectivity index (χ3v) is 5.82. The van der Waals surface area contributed by atoms with E-state index in [4.69, 9.17) is 5.73 Å². The molecule has 0 heterocycles. The van der Waals surface area contributed by atoms with E-state index >= 15 is 0 Å². The molecule has 0 saturated heterocycles. The van der Waals surface area contributed by atoms with E-state index in [0.717, 1.165) is 17.9 Å². The van der Waals surface area contributed by atoms with Gasteiger partial charge in [0.25, 0.3) is 0 Å². The summed E-state index contributed by atoms with van der Waals surface area (Å²) in [5.74, 6) is 1.70. The van der Waals surface area contributed by atoms with Crippen molar-refractivity contribution in [3.8, 4) is 0 Å². The smallest absolute Gasteiger partial charge is 0.00923 e. The van der Waals surface area contributed by atoms with Crippen molar-refractivity contribution < 1.29 is 0 Å². The second kappa shape index (κ2) is 8.38. The first-order valence-corrected chi connectivity index (χ1v) is 9.16. The van der Waals surface area contributed by atoms with Gasteiger partial charge in [0.2, 0.25) is 0 Å². The number of rotatable bonds is 5. The third kappa shape index (κ3) is 4.73. The number of hydrogen-bond donors (Lipinski definition) is 1. The Hall–Kier alpha value is -0.0800. The maximum absolute atomic E-state index is 6.42. The second-order valence-corrected chi connectivity index (χ2v) is 7.48. The van der Waals surface area contributed by atoms with Gasteiger partial charge < -0.3 is 10.6 Å². The lowest BCUT2D eigenvalue weighted by atomic mass is 9.76. The molecule has 0 aromatic carbocycles. The van der Waals surface area contributed by atoms with E-state index in [1.54, 1.807) is 0 Å². The first-order valence-electron chi connectivity index (χ1n) is 9.16. The fraction of sp³-hybridized carbons (Fsp3) is 1.00. The van der Waals surface area contributed by atoms with Crippen LogP contribution < -0.4 is 5.73 Å². The Kier molecular flexibility index (Phi) is 6.83. The Morgan fingerprint density at radius 1 is 1.00 bits per heavy atom. The molecule has 2 aliphatic rings. The largest absolute Gasteiger partial charge is 0.327 e. The van der Waals surface area contributed by atoms with Gasteiger partial charge in [0.15, 0.2) is 0 Å².